The summed E-state index contributed by atoms with van der Waals surface area (Å²) in [6.45, 7) is 2.34. The lowest BCUT2D eigenvalue weighted by atomic mass is 9.77. The average Bonchev–Trinajstić information content (AvgIpc) is 2.67. The third kappa shape index (κ3) is 4.14. The van der Waals surface area contributed by atoms with Gasteiger partial charge in [0.05, 0.1) is 11.5 Å². The van der Waals surface area contributed by atoms with Crippen molar-refractivity contribution in [3.05, 3.63) is 71.8 Å². The molecule has 0 aliphatic carbocycles. The van der Waals surface area contributed by atoms with Gasteiger partial charge in [0.15, 0.2) is 0 Å². The van der Waals surface area contributed by atoms with Gasteiger partial charge in [-0.25, -0.2) is 8.42 Å². The summed E-state index contributed by atoms with van der Waals surface area (Å²) in [5.41, 5.74) is 2.23. The summed E-state index contributed by atoms with van der Waals surface area (Å²) in [5.74, 6) is 0.0723. The Morgan fingerprint density at radius 3 is 2.33 bits per heavy atom. The minimum absolute atomic E-state index is 0.0208. The minimum atomic E-state index is -3.53. The van der Waals surface area contributed by atoms with E-state index in [1.54, 1.807) is 37.4 Å². The Morgan fingerprint density at radius 1 is 1.07 bits per heavy atom. The molecule has 2 aromatic rings. The lowest BCUT2D eigenvalue weighted by Crippen LogP contribution is -2.64. The van der Waals surface area contributed by atoms with E-state index in [0.29, 0.717) is 6.54 Å². The molecule has 0 aromatic heterocycles. The summed E-state index contributed by atoms with van der Waals surface area (Å²) in [7, 11) is -1.93. The fraction of sp³-hybridized carbons (Fsp3) is 0.333. The number of benzene rings is 2. The van der Waals surface area contributed by atoms with Crippen molar-refractivity contribution < 1.29 is 13.5 Å². The van der Waals surface area contributed by atoms with Gasteiger partial charge in [-0.1, -0.05) is 54.6 Å². The van der Waals surface area contributed by atoms with Gasteiger partial charge in [0.25, 0.3) is 0 Å². The highest BCUT2D eigenvalue weighted by Gasteiger charge is 2.42. The number of nitrogens with zero attached hydrogens (tertiary/aromatic N) is 1. The van der Waals surface area contributed by atoms with Crippen LogP contribution in [0.15, 0.2) is 65.6 Å². The molecule has 2 N–H and O–H groups in total. The smallest absolute Gasteiger partial charge is 0.242 e. The predicted octanol–water partition coefficient (Wildman–Crippen LogP) is 2.46. The van der Waals surface area contributed by atoms with E-state index in [-0.39, 0.29) is 29.5 Å². The summed E-state index contributed by atoms with van der Waals surface area (Å²) in [6.07, 6.45) is 4.02. The Bertz CT molecular complexity index is 879. The normalized spacial score (nSPS) is 22.9. The van der Waals surface area contributed by atoms with Gasteiger partial charge in [0.1, 0.15) is 0 Å². The van der Waals surface area contributed by atoms with Crippen LogP contribution in [0.5, 0.6) is 0 Å². The SMILES string of the molecule is C/C=C/c1ccc([C@@H]2[C@@H](CO)N[C@@H]2CN(C)S(=O)(=O)c2ccccc2)cc1. The van der Waals surface area contributed by atoms with Gasteiger partial charge >= 0.3 is 0 Å². The number of rotatable bonds is 7. The Kier molecular flexibility index (Phi) is 6.11. The lowest BCUT2D eigenvalue weighted by molar-refractivity contribution is 0.118. The predicted molar refractivity (Wildman–Crippen MR) is 108 cm³/mol. The molecule has 1 saturated heterocycles. The zero-order chi connectivity index (χ0) is 19.4. The van der Waals surface area contributed by atoms with Crippen LogP contribution in [-0.4, -0.2) is 50.1 Å². The Morgan fingerprint density at radius 2 is 1.74 bits per heavy atom. The highest BCUT2D eigenvalue weighted by atomic mass is 32.2. The molecular weight excluding hydrogens is 360 g/mol. The number of allylic oxidation sites excluding steroid dienone is 1. The first-order valence-electron chi connectivity index (χ1n) is 9.08. The summed E-state index contributed by atoms with van der Waals surface area (Å²) in [5, 5.41) is 12.9. The van der Waals surface area contributed by atoms with Crippen LogP contribution < -0.4 is 5.32 Å². The van der Waals surface area contributed by atoms with Gasteiger partial charge in [-0.2, -0.15) is 4.31 Å². The molecule has 0 amide bonds. The molecule has 0 bridgehead atoms. The molecule has 1 fully saturated rings. The number of likely N-dealkylation sites (N-methyl/N-ethyl adjacent to an activating group) is 1. The second kappa shape index (κ2) is 8.35. The van der Waals surface area contributed by atoms with Crippen LogP contribution >= 0.6 is 0 Å². The van der Waals surface area contributed by atoms with E-state index in [9.17, 15) is 13.5 Å². The number of aliphatic hydroxyl groups excluding tert-OH is 1. The summed E-state index contributed by atoms with van der Waals surface area (Å²) >= 11 is 0. The molecule has 1 aliphatic rings. The average molecular weight is 387 g/mol. The monoisotopic (exact) mass is 386 g/mol. The van der Waals surface area contributed by atoms with E-state index in [4.69, 9.17) is 0 Å². The van der Waals surface area contributed by atoms with Gasteiger partial charge < -0.3 is 10.4 Å². The second-order valence-corrected chi connectivity index (χ2v) is 8.90. The standard InChI is InChI=1S/C21H26N2O3S/c1-3-7-16-10-12-17(13-11-16)21-19(22-20(21)15-24)14-23(2)27(25,26)18-8-5-4-6-9-18/h3-13,19-22,24H,14-15H2,1-2H3/b7-3+/t19-,20-,21+/m1/s1. The van der Waals surface area contributed by atoms with Crippen LogP contribution in [0.25, 0.3) is 6.08 Å². The molecule has 5 nitrogen and oxygen atoms in total. The highest BCUT2D eigenvalue weighted by Crippen LogP contribution is 2.33. The summed E-state index contributed by atoms with van der Waals surface area (Å²) < 4.78 is 26.9. The maximum atomic E-state index is 12.8. The number of sulfonamides is 1. The van der Waals surface area contributed by atoms with Gasteiger partial charge in [-0.15, -0.1) is 0 Å². The van der Waals surface area contributed by atoms with E-state index >= 15 is 0 Å². The zero-order valence-corrected chi connectivity index (χ0v) is 16.4. The fourth-order valence-corrected chi connectivity index (χ4v) is 4.83. The van der Waals surface area contributed by atoms with Crippen molar-refractivity contribution in [3.63, 3.8) is 0 Å². The quantitative estimate of drug-likeness (QED) is 0.767. The molecule has 3 rings (SSSR count). The van der Waals surface area contributed by atoms with Crippen LogP contribution in [0.4, 0.5) is 0 Å². The lowest BCUT2D eigenvalue weighted by Gasteiger charge is -2.47. The zero-order valence-electron chi connectivity index (χ0n) is 15.6. The topological polar surface area (TPSA) is 69.6 Å². The van der Waals surface area contributed by atoms with Crippen molar-refractivity contribution in [2.75, 3.05) is 20.2 Å². The van der Waals surface area contributed by atoms with Crippen LogP contribution in [0, 0.1) is 0 Å². The van der Waals surface area contributed by atoms with Crippen molar-refractivity contribution in [3.8, 4) is 0 Å². The molecule has 0 unspecified atom stereocenters. The van der Waals surface area contributed by atoms with Gasteiger partial charge in [-0.05, 0) is 30.2 Å². The first-order chi connectivity index (χ1) is 13.0. The van der Waals surface area contributed by atoms with E-state index in [2.05, 4.69) is 17.4 Å². The molecule has 6 heteroatoms. The van der Waals surface area contributed by atoms with Crippen molar-refractivity contribution in [2.45, 2.75) is 29.8 Å². The number of hydrogen-bond acceptors (Lipinski definition) is 4. The van der Waals surface area contributed by atoms with E-state index in [1.165, 1.54) is 4.31 Å². The van der Waals surface area contributed by atoms with Crippen LogP contribution in [0.3, 0.4) is 0 Å². The largest absolute Gasteiger partial charge is 0.395 e. The van der Waals surface area contributed by atoms with Crippen molar-refractivity contribution >= 4 is 16.1 Å². The second-order valence-electron chi connectivity index (χ2n) is 6.85. The van der Waals surface area contributed by atoms with E-state index < -0.39 is 10.0 Å². The van der Waals surface area contributed by atoms with Crippen LogP contribution in [-0.2, 0) is 10.0 Å². The van der Waals surface area contributed by atoms with Crippen LogP contribution in [0.2, 0.25) is 0 Å². The fourth-order valence-electron chi connectivity index (χ4n) is 3.61. The maximum absolute atomic E-state index is 12.8. The Balaban J connectivity index is 1.76. The van der Waals surface area contributed by atoms with E-state index in [0.717, 1.165) is 11.1 Å². The molecule has 0 spiro atoms. The van der Waals surface area contributed by atoms with Gasteiger partial charge in [-0.3, -0.25) is 0 Å². The molecule has 1 aliphatic heterocycles. The summed E-state index contributed by atoms with van der Waals surface area (Å²) in [4.78, 5) is 0.290. The molecule has 1 heterocycles. The van der Waals surface area contributed by atoms with Crippen molar-refractivity contribution in [1.29, 1.82) is 0 Å². The van der Waals surface area contributed by atoms with Gasteiger partial charge in [0.2, 0.25) is 10.0 Å². The molecule has 2 aromatic carbocycles. The third-order valence-electron chi connectivity index (χ3n) is 5.08. The van der Waals surface area contributed by atoms with Crippen LogP contribution in [0.1, 0.15) is 24.0 Å². The van der Waals surface area contributed by atoms with Crippen molar-refractivity contribution in [2.24, 2.45) is 0 Å². The Hall–Kier alpha value is -1.99. The number of nitrogens with one attached hydrogen (secondary N) is 1. The molecule has 3 atom stereocenters. The number of aliphatic hydroxyl groups is 1. The maximum Gasteiger partial charge on any atom is 0.242 e. The molecular formula is C21H26N2O3S. The first kappa shape index (κ1) is 19.8. The molecule has 27 heavy (non-hydrogen) atoms. The molecule has 144 valence electrons. The van der Waals surface area contributed by atoms with Gasteiger partial charge in [0, 0.05) is 31.6 Å². The molecule has 0 saturated carbocycles. The van der Waals surface area contributed by atoms with E-state index in [1.807, 2.05) is 31.2 Å². The summed E-state index contributed by atoms with van der Waals surface area (Å²) in [6, 6.07) is 16.6. The van der Waals surface area contributed by atoms with Crippen molar-refractivity contribution in [1.82, 2.24) is 9.62 Å². The number of hydrogen-bond donors (Lipinski definition) is 2. The first-order valence-corrected chi connectivity index (χ1v) is 10.5. The highest BCUT2D eigenvalue weighted by molar-refractivity contribution is 7.89. The Labute approximate surface area is 161 Å². The molecule has 0 radical (unpaired) electrons. The minimum Gasteiger partial charge on any atom is -0.395 e. The third-order valence-corrected chi connectivity index (χ3v) is 6.92.